The van der Waals surface area contributed by atoms with Crippen molar-refractivity contribution in [2.75, 3.05) is 22.1 Å². The van der Waals surface area contributed by atoms with Gasteiger partial charge in [-0.1, -0.05) is 18.2 Å². The van der Waals surface area contributed by atoms with E-state index in [2.05, 4.69) is 20.6 Å². The van der Waals surface area contributed by atoms with Gasteiger partial charge in [0.05, 0.1) is 46.9 Å². The fourth-order valence-electron chi connectivity index (χ4n) is 3.99. The first kappa shape index (κ1) is 23.1. The highest BCUT2D eigenvalue weighted by atomic mass is 19.2. The number of amides is 2. The van der Waals surface area contributed by atoms with Crippen molar-refractivity contribution in [2.24, 2.45) is 0 Å². The van der Waals surface area contributed by atoms with Crippen molar-refractivity contribution in [3.8, 4) is 11.3 Å². The summed E-state index contributed by atoms with van der Waals surface area (Å²) in [5.74, 6) is -2.93. The number of hydrogen-bond acceptors (Lipinski definition) is 5. The zero-order chi connectivity index (χ0) is 25.1. The number of hydrogen-bond donors (Lipinski definition) is 2. The Labute approximate surface area is 205 Å². The number of carbonyl (C=O) groups excluding carboxylic acids is 2. The van der Waals surface area contributed by atoms with Crippen LogP contribution in [0.2, 0.25) is 0 Å². The van der Waals surface area contributed by atoms with Crippen molar-refractivity contribution in [1.29, 1.82) is 0 Å². The molecule has 7 nitrogen and oxygen atoms in total. The van der Waals surface area contributed by atoms with Gasteiger partial charge >= 0.3 is 0 Å². The Morgan fingerprint density at radius 3 is 2.44 bits per heavy atom. The Morgan fingerprint density at radius 1 is 0.917 bits per heavy atom. The molecular weight excluding hydrogens is 464 g/mol. The van der Waals surface area contributed by atoms with Gasteiger partial charge in [-0.3, -0.25) is 19.6 Å². The van der Waals surface area contributed by atoms with E-state index in [1.165, 1.54) is 18.3 Å². The second-order valence-corrected chi connectivity index (χ2v) is 8.27. The molecule has 1 aliphatic heterocycles. The summed E-state index contributed by atoms with van der Waals surface area (Å²) in [6.07, 6.45) is 6.10. The molecule has 36 heavy (non-hydrogen) atoms. The van der Waals surface area contributed by atoms with Crippen LogP contribution in [0.15, 0.2) is 79.3 Å². The number of nitrogens with one attached hydrogen (secondary N) is 2. The van der Waals surface area contributed by atoms with E-state index >= 15 is 0 Å². The largest absolute Gasteiger partial charge is 0.353 e. The molecule has 2 N–H and O–H groups in total. The summed E-state index contributed by atoms with van der Waals surface area (Å²) in [5, 5.41) is 5.68. The Kier molecular flexibility index (Phi) is 6.36. The quantitative estimate of drug-likeness (QED) is 0.374. The fourth-order valence-corrected chi connectivity index (χ4v) is 3.99. The second-order valence-electron chi connectivity index (χ2n) is 8.27. The van der Waals surface area contributed by atoms with Gasteiger partial charge in [-0.15, -0.1) is 0 Å². The van der Waals surface area contributed by atoms with E-state index in [0.29, 0.717) is 23.5 Å². The van der Waals surface area contributed by atoms with Gasteiger partial charge in [-0.2, -0.15) is 0 Å². The van der Waals surface area contributed by atoms with Crippen molar-refractivity contribution < 1.29 is 18.4 Å². The highest BCUT2D eigenvalue weighted by Gasteiger charge is 2.21. The van der Waals surface area contributed by atoms with Crippen LogP contribution in [0, 0.1) is 11.6 Å². The molecule has 3 heterocycles. The lowest BCUT2D eigenvalue weighted by Gasteiger charge is -2.16. The summed E-state index contributed by atoms with van der Waals surface area (Å²) in [5.41, 5.74) is 3.77. The summed E-state index contributed by atoms with van der Waals surface area (Å²) in [7, 11) is 0. The van der Waals surface area contributed by atoms with Crippen LogP contribution in [0.1, 0.15) is 23.2 Å². The number of rotatable bonds is 6. The third-order valence-electron chi connectivity index (χ3n) is 5.79. The molecule has 0 spiro atoms. The summed E-state index contributed by atoms with van der Waals surface area (Å²) >= 11 is 0. The number of anilines is 4. The van der Waals surface area contributed by atoms with Gasteiger partial charge in [0.25, 0.3) is 5.91 Å². The smallest absolute Gasteiger partial charge is 0.258 e. The monoisotopic (exact) mass is 485 g/mol. The fraction of sp³-hybridized carbons (Fsp3) is 0.111. The predicted molar refractivity (Wildman–Crippen MR) is 133 cm³/mol. The Bertz CT molecular complexity index is 1430. The number of pyridine rings is 2. The number of halogens is 2. The maximum Gasteiger partial charge on any atom is 0.258 e. The average Bonchev–Trinajstić information content (AvgIpc) is 3.32. The maximum atomic E-state index is 13.9. The van der Waals surface area contributed by atoms with Gasteiger partial charge in [0, 0.05) is 24.2 Å². The van der Waals surface area contributed by atoms with Crippen molar-refractivity contribution in [2.45, 2.75) is 12.8 Å². The van der Waals surface area contributed by atoms with Crippen molar-refractivity contribution in [3.05, 3.63) is 96.5 Å². The first-order valence-electron chi connectivity index (χ1n) is 11.3. The predicted octanol–water partition coefficient (Wildman–Crippen LogP) is 5.54. The Balaban J connectivity index is 1.25. The topological polar surface area (TPSA) is 87.2 Å². The molecule has 1 saturated heterocycles. The lowest BCUT2D eigenvalue weighted by molar-refractivity contribution is -0.117. The van der Waals surface area contributed by atoms with E-state index in [-0.39, 0.29) is 5.91 Å². The van der Waals surface area contributed by atoms with E-state index < -0.39 is 23.1 Å². The molecule has 0 radical (unpaired) electrons. The zero-order valence-electron chi connectivity index (χ0n) is 19.0. The van der Waals surface area contributed by atoms with Gasteiger partial charge in [0.1, 0.15) is 0 Å². The molecule has 5 rings (SSSR count). The summed E-state index contributed by atoms with van der Waals surface area (Å²) in [4.78, 5) is 34.7. The van der Waals surface area contributed by atoms with Gasteiger partial charge in [-0.05, 0) is 48.9 Å². The molecular formula is C27H21F2N5O2. The summed E-state index contributed by atoms with van der Waals surface area (Å²) in [6.45, 7) is 0.748. The normalized spacial score (nSPS) is 13.1. The van der Waals surface area contributed by atoms with Gasteiger partial charge < -0.3 is 15.5 Å². The maximum absolute atomic E-state index is 13.9. The van der Waals surface area contributed by atoms with E-state index in [1.807, 2.05) is 36.4 Å². The van der Waals surface area contributed by atoms with Gasteiger partial charge in [-0.25, -0.2) is 8.78 Å². The molecule has 2 aromatic carbocycles. The van der Waals surface area contributed by atoms with Gasteiger partial charge in [0.15, 0.2) is 11.6 Å². The van der Waals surface area contributed by atoms with Crippen molar-refractivity contribution in [1.82, 2.24) is 9.97 Å². The van der Waals surface area contributed by atoms with E-state index in [9.17, 15) is 18.4 Å². The van der Waals surface area contributed by atoms with Crippen LogP contribution >= 0.6 is 0 Å². The third-order valence-corrected chi connectivity index (χ3v) is 5.79. The molecule has 0 unspecified atom stereocenters. The number of benzene rings is 2. The van der Waals surface area contributed by atoms with Crippen LogP contribution in [0.3, 0.4) is 0 Å². The zero-order valence-corrected chi connectivity index (χ0v) is 19.0. The first-order valence-corrected chi connectivity index (χ1v) is 11.3. The minimum Gasteiger partial charge on any atom is -0.353 e. The summed E-state index contributed by atoms with van der Waals surface area (Å²) in [6, 6.07) is 16.5. The van der Waals surface area contributed by atoms with Crippen LogP contribution in [-0.2, 0) is 4.79 Å². The lowest BCUT2D eigenvalue weighted by Crippen LogP contribution is -2.23. The number of nitrogens with zero attached hydrogens (tertiary/aromatic N) is 3. The molecule has 0 bridgehead atoms. The molecule has 1 aliphatic rings. The van der Waals surface area contributed by atoms with Crippen LogP contribution in [0.25, 0.3) is 11.3 Å². The molecule has 9 heteroatoms. The van der Waals surface area contributed by atoms with Crippen LogP contribution < -0.4 is 15.5 Å². The molecule has 2 amide bonds. The van der Waals surface area contributed by atoms with Gasteiger partial charge in [0.2, 0.25) is 5.91 Å². The van der Waals surface area contributed by atoms with E-state index in [0.717, 1.165) is 36.0 Å². The molecule has 0 aliphatic carbocycles. The molecule has 0 saturated carbocycles. The van der Waals surface area contributed by atoms with E-state index in [1.54, 1.807) is 23.4 Å². The third kappa shape index (κ3) is 4.90. The minimum atomic E-state index is -1.21. The SMILES string of the molecule is O=C(Nc1cncc(Nc2ccc(-c3ccc(N4CCCC4=O)cc3)nc2)c1)c1cccc(F)c1F. The molecule has 1 fully saturated rings. The van der Waals surface area contributed by atoms with Crippen molar-refractivity contribution in [3.63, 3.8) is 0 Å². The van der Waals surface area contributed by atoms with E-state index in [4.69, 9.17) is 0 Å². The van der Waals surface area contributed by atoms with Crippen LogP contribution in [0.4, 0.5) is 31.5 Å². The standard InChI is InChI=1S/C27H21F2N5O2/c28-23-4-1-3-22(26(23)29)27(36)33-20-13-19(14-30-15-20)32-18-8-11-24(31-16-18)17-6-9-21(10-7-17)34-12-2-5-25(34)35/h1,3-4,6-11,13-16,32H,2,5,12H2,(H,33,36). The molecule has 180 valence electrons. The summed E-state index contributed by atoms with van der Waals surface area (Å²) < 4.78 is 27.3. The molecule has 2 aromatic heterocycles. The van der Waals surface area contributed by atoms with Crippen molar-refractivity contribution >= 4 is 34.6 Å². The minimum absolute atomic E-state index is 0.149. The number of carbonyl (C=O) groups is 2. The highest BCUT2D eigenvalue weighted by Crippen LogP contribution is 2.26. The number of aromatic nitrogens is 2. The first-order chi connectivity index (χ1) is 17.5. The highest BCUT2D eigenvalue weighted by molar-refractivity contribution is 6.04. The lowest BCUT2D eigenvalue weighted by atomic mass is 10.1. The molecule has 4 aromatic rings. The Morgan fingerprint density at radius 2 is 1.72 bits per heavy atom. The second kappa shape index (κ2) is 9.91. The van der Waals surface area contributed by atoms with Crippen LogP contribution in [0.5, 0.6) is 0 Å². The Hall–Kier alpha value is -4.66. The molecule has 0 atom stereocenters. The van der Waals surface area contributed by atoms with Crippen LogP contribution in [-0.4, -0.2) is 28.3 Å². The average molecular weight is 485 g/mol.